The fourth-order valence-electron chi connectivity index (χ4n) is 2.92. The number of rotatable bonds is 3. The average Bonchev–Trinajstić information content (AvgIpc) is 2.99. The number of aryl methyl sites for hydroxylation is 1. The molecule has 1 aliphatic heterocycles. The van der Waals surface area contributed by atoms with E-state index in [1.165, 1.54) is 6.42 Å². The zero-order valence-electron chi connectivity index (χ0n) is 13.0. The predicted molar refractivity (Wildman–Crippen MR) is 88.3 cm³/mol. The van der Waals surface area contributed by atoms with E-state index in [1.807, 2.05) is 23.7 Å². The van der Waals surface area contributed by atoms with Crippen molar-refractivity contribution in [3.8, 4) is 11.4 Å². The minimum Gasteiger partial charge on any atom is -0.365 e. The van der Waals surface area contributed by atoms with E-state index in [1.54, 1.807) is 18.6 Å². The van der Waals surface area contributed by atoms with Crippen LogP contribution in [0.3, 0.4) is 0 Å². The summed E-state index contributed by atoms with van der Waals surface area (Å²) in [5.74, 6) is 0.803. The Morgan fingerprint density at radius 2 is 2.17 bits per heavy atom. The number of fused-ring (bicyclic) bond motifs is 1. The molecular weight excluding hydrogens is 290 g/mol. The second kappa shape index (κ2) is 5.92. The molecule has 1 aliphatic rings. The molecule has 1 atom stereocenters. The van der Waals surface area contributed by atoms with Crippen LogP contribution in [0.2, 0.25) is 0 Å². The Labute approximate surface area is 134 Å². The second-order valence-corrected chi connectivity index (χ2v) is 5.88. The van der Waals surface area contributed by atoms with Crippen molar-refractivity contribution in [2.45, 2.75) is 25.8 Å². The Balaban J connectivity index is 1.65. The molecule has 3 aromatic heterocycles. The van der Waals surface area contributed by atoms with E-state index in [2.05, 4.69) is 25.6 Å². The van der Waals surface area contributed by atoms with Crippen molar-refractivity contribution in [3.63, 3.8) is 0 Å². The molecule has 1 fully saturated rings. The lowest BCUT2D eigenvalue weighted by Crippen LogP contribution is -2.38. The van der Waals surface area contributed by atoms with Crippen LogP contribution >= 0.6 is 0 Å². The van der Waals surface area contributed by atoms with Crippen molar-refractivity contribution < 1.29 is 0 Å². The summed E-state index contributed by atoms with van der Waals surface area (Å²) in [5.41, 5.74) is 3.47. The van der Waals surface area contributed by atoms with Crippen molar-refractivity contribution in [1.82, 2.24) is 29.7 Å². The van der Waals surface area contributed by atoms with Crippen molar-refractivity contribution in [2.24, 2.45) is 0 Å². The smallest absolute Gasteiger partial charge is 0.155 e. The first-order valence-corrected chi connectivity index (χ1v) is 7.89. The molecule has 0 bridgehead atoms. The maximum absolute atomic E-state index is 4.71. The molecule has 0 radical (unpaired) electrons. The summed E-state index contributed by atoms with van der Waals surface area (Å²) in [6, 6.07) is 0.405. The molecule has 2 N–H and O–H groups in total. The number of hydrogen-bond acceptors (Lipinski definition) is 6. The summed E-state index contributed by atoms with van der Waals surface area (Å²) in [6.07, 6.45) is 11.4. The number of imidazole rings is 1. The summed E-state index contributed by atoms with van der Waals surface area (Å²) in [4.78, 5) is 17.7. The van der Waals surface area contributed by atoms with Crippen LogP contribution in [-0.2, 0) is 0 Å². The summed E-state index contributed by atoms with van der Waals surface area (Å²) in [6.45, 7) is 4.02. The predicted octanol–water partition coefficient (Wildman–Crippen LogP) is 1.66. The van der Waals surface area contributed by atoms with E-state index in [-0.39, 0.29) is 0 Å². The van der Waals surface area contributed by atoms with Crippen molar-refractivity contribution >= 4 is 11.5 Å². The third kappa shape index (κ3) is 2.87. The molecule has 4 rings (SSSR count). The highest BCUT2D eigenvalue weighted by atomic mass is 15.1. The van der Waals surface area contributed by atoms with Gasteiger partial charge in [0.2, 0.25) is 0 Å². The molecule has 0 aliphatic carbocycles. The van der Waals surface area contributed by atoms with Crippen molar-refractivity contribution in [1.29, 1.82) is 0 Å². The van der Waals surface area contributed by atoms with E-state index >= 15 is 0 Å². The zero-order valence-corrected chi connectivity index (χ0v) is 13.0. The van der Waals surface area contributed by atoms with Crippen LogP contribution in [0.15, 0.2) is 31.0 Å². The molecule has 23 heavy (non-hydrogen) atoms. The van der Waals surface area contributed by atoms with Gasteiger partial charge in [0.15, 0.2) is 5.65 Å². The first-order valence-electron chi connectivity index (χ1n) is 7.89. The standard InChI is InChI=1S/C16H19N7/c1-11-10-23-14(7-20-16(23)9-19-11)13-6-18-8-15(22-13)21-12-3-2-4-17-5-12/h6-10,12,17H,2-5H2,1H3,(H,21,22). The van der Waals surface area contributed by atoms with Gasteiger partial charge in [-0.2, -0.15) is 0 Å². The molecule has 7 nitrogen and oxygen atoms in total. The van der Waals surface area contributed by atoms with Crippen molar-refractivity contribution in [3.05, 3.63) is 36.7 Å². The Bertz CT molecular complexity index is 820. The fraction of sp³-hybridized carbons (Fsp3) is 0.375. The lowest BCUT2D eigenvalue weighted by Gasteiger charge is -2.24. The maximum Gasteiger partial charge on any atom is 0.155 e. The second-order valence-electron chi connectivity index (χ2n) is 5.88. The number of anilines is 1. The minimum absolute atomic E-state index is 0.405. The highest BCUT2D eigenvalue weighted by molar-refractivity contribution is 5.60. The normalized spacial score (nSPS) is 18.2. The zero-order chi connectivity index (χ0) is 15.6. The number of nitrogens with zero attached hydrogens (tertiary/aromatic N) is 5. The first-order chi connectivity index (χ1) is 11.3. The molecule has 118 valence electrons. The maximum atomic E-state index is 4.71. The highest BCUT2D eigenvalue weighted by Gasteiger charge is 2.14. The van der Waals surface area contributed by atoms with Crippen LogP contribution in [0.4, 0.5) is 5.82 Å². The summed E-state index contributed by atoms with van der Waals surface area (Å²) < 4.78 is 2.00. The molecule has 1 unspecified atom stereocenters. The Kier molecular flexibility index (Phi) is 3.63. The van der Waals surface area contributed by atoms with Gasteiger partial charge < -0.3 is 10.6 Å². The average molecular weight is 309 g/mol. The Morgan fingerprint density at radius 1 is 1.22 bits per heavy atom. The third-order valence-electron chi connectivity index (χ3n) is 4.07. The summed E-state index contributed by atoms with van der Waals surface area (Å²) in [5, 5.41) is 6.86. The quantitative estimate of drug-likeness (QED) is 0.766. The lowest BCUT2D eigenvalue weighted by molar-refractivity contribution is 0.479. The van der Waals surface area contributed by atoms with E-state index in [4.69, 9.17) is 4.98 Å². The van der Waals surface area contributed by atoms with Gasteiger partial charge in [0, 0.05) is 18.8 Å². The SMILES string of the molecule is Cc1cn2c(-c3cncc(NC4CCCNC4)n3)cnc2cn1. The van der Waals surface area contributed by atoms with Crippen molar-refractivity contribution in [2.75, 3.05) is 18.4 Å². The van der Waals surface area contributed by atoms with Gasteiger partial charge in [0.05, 0.1) is 36.2 Å². The van der Waals surface area contributed by atoms with E-state index < -0.39 is 0 Å². The largest absolute Gasteiger partial charge is 0.365 e. The van der Waals surface area contributed by atoms with Gasteiger partial charge in [-0.25, -0.2) is 9.97 Å². The van der Waals surface area contributed by atoms with E-state index in [9.17, 15) is 0 Å². The summed E-state index contributed by atoms with van der Waals surface area (Å²) >= 11 is 0. The molecule has 0 amide bonds. The van der Waals surface area contributed by atoms with E-state index in [0.29, 0.717) is 6.04 Å². The monoisotopic (exact) mass is 309 g/mol. The van der Waals surface area contributed by atoms with Crippen LogP contribution in [0.1, 0.15) is 18.5 Å². The third-order valence-corrected chi connectivity index (χ3v) is 4.07. The lowest BCUT2D eigenvalue weighted by atomic mass is 10.1. The molecule has 3 aromatic rings. The Morgan fingerprint density at radius 3 is 3.04 bits per heavy atom. The highest BCUT2D eigenvalue weighted by Crippen LogP contribution is 2.20. The van der Waals surface area contributed by atoms with Gasteiger partial charge in [-0.05, 0) is 26.3 Å². The molecule has 7 heteroatoms. The molecule has 1 saturated heterocycles. The van der Waals surface area contributed by atoms with E-state index in [0.717, 1.165) is 48.1 Å². The van der Waals surface area contributed by atoms with Gasteiger partial charge in [0.25, 0.3) is 0 Å². The van der Waals surface area contributed by atoms with Gasteiger partial charge >= 0.3 is 0 Å². The number of hydrogen-bond donors (Lipinski definition) is 2. The number of nitrogens with one attached hydrogen (secondary N) is 2. The number of piperidine rings is 1. The van der Waals surface area contributed by atoms with Crippen LogP contribution < -0.4 is 10.6 Å². The van der Waals surface area contributed by atoms with Crippen LogP contribution in [0.25, 0.3) is 17.0 Å². The minimum atomic E-state index is 0.405. The Hall–Kier alpha value is -2.54. The van der Waals surface area contributed by atoms with Gasteiger partial charge in [-0.15, -0.1) is 0 Å². The van der Waals surface area contributed by atoms with Gasteiger partial charge in [-0.3, -0.25) is 14.4 Å². The summed E-state index contributed by atoms with van der Waals surface area (Å²) in [7, 11) is 0. The van der Waals surface area contributed by atoms with Gasteiger partial charge in [-0.1, -0.05) is 0 Å². The van der Waals surface area contributed by atoms with Crippen LogP contribution in [-0.4, -0.2) is 43.5 Å². The fourth-order valence-corrected chi connectivity index (χ4v) is 2.92. The topological polar surface area (TPSA) is 80.0 Å². The molecule has 0 aromatic carbocycles. The van der Waals surface area contributed by atoms with Crippen LogP contribution in [0.5, 0.6) is 0 Å². The molecule has 4 heterocycles. The first kappa shape index (κ1) is 14.1. The number of aromatic nitrogens is 5. The van der Waals surface area contributed by atoms with Crippen LogP contribution in [0, 0.1) is 6.92 Å². The molecule has 0 spiro atoms. The molecule has 0 saturated carbocycles. The molecular formula is C16H19N7. The van der Waals surface area contributed by atoms with Gasteiger partial charge in [0.1, 0.15) is 11.5 Å².